The van der Waals surface area contributed by atoms with Gasteiger partial charge in [-0.3, -0.25) is 9.59 Å². The van der Waals surface area contributed by atoms with Crippen LogP contribution in [0.4, 0.5) is 11.4 Å². The van der Waals surface area contributed by atoms with Crippen LogP contribution in [-0.2, 0) is 39.1 Å². The average Bonchev–Trinajstić information content (AvgIpc) is 3.52. The number of benzene rings is 2. The molecule has 3 aromatic rings. The molecule has 0 saturated carbocycles. The third-order valence-corrected chi connectivity index (χ3v) is 13.5. The van der Waals surface area contributed by atoms with Crippen LogP contribution in [0.5, 0.6) is 0 Å². The van der Waals surface area contributed by atoms with Gasteiger partial charge >= 0.3 is 0 Å². The summed E-state index contributed by atoms with van der Waals surface area (Å²) >= 11 is 3.63. The van der Waals surface area contributed by atoms with Gasteiger partial charge in [0.25, 0.3) is 0 Å². The van der Waals surface area contributed by atoms with Crippen molar-refractivity contribution in [2.24, 2.45) is 0 Å². The molecule has 0 atom stereocenters. The Morgan fingerprint density at radius 1 is 0.667 bits per heavy atom. The number of nitrogens with zero attached hydrogens (tertiary/aromatic N) is 4. The average molecular weight is 715 g/mol. The zero-order valence-corrected chi connectivity index (χ0v) is 27.9. The maximum atomic E-state index is 12.8. The van der Waals surface area contributed by atoms with E-state index in [2.05, 4.69) is 20.8 Å². The third kappa shape index (κ3) is 9.01. The second-order valence-corrected chi connectivity index (χ2v) is 16.9. The van der Waals surface area contributed by atoms with Crippen LogP contribution in [0.1, 0.15) is 0 Å². The number of hydrogen-bond acceptors (Lipinski definition) is 13. The van der Waals surface area contributed by atoms with Crippen molar-refractivity contribution in [3.63, 3.8) is 0 Å². The van der Waals surface area contributed by atoms with E-state index >= 15 is 0 Å². The van der Waals surface area contributed by atoms with E-state index in [-0.39, 0.29) is 33.1 Å². The first-order valence-corrected chi connectivity index (χ1v) is 19.3. The lowest BCUT2D eigenvalue weighted by atomic mass is 10.3. The van der Waals surface area contributed by atoms with E-state index < -0.39 is 20.0 Å². The van der Waals surface area contributed by atoms with Crippen LogP contribution in [0.3, 0.4) is 0 Å². The van der Waals surface area contributed by atoms with Gasteiger partial charge in [0, 0.05) is 37.6 Å². The smallest absolute Gasteiger partial charge is 0.243 e. The molecule has 2 aliphatic heterocycles. The Bertz CT molecular complexity index is 1570. The minimum Gasteiger partial charge on any atom is -0.379 e. The second-order valence-electron chi connectivity index (χ2n) is 9.59. The number of anilines is 2. The Labute approximate surface area is 273 Å². The summed E-state index contributed by atoms with van der Waals surface area (Å²) < 4.78 is 65.3. The molecule has 2 fully saturated rings. The van der Waals surface area contributed by atoms with Crippen LogP contribution < -0.4 is 10.6 Å². The Kier molecular flexibility index (Phi) is 11.5. The number of hydrogen-bond donors (Lipinski definition) is 2. The Balaban J connectivity index is 1.04. The van der Waals surface area contributed by atoms with E-state index in [0.29, 0.717) is 72.7 Å². The van der Waals surface area contributed by atoms with Crippen molar-refractivity contribution >= 4 is 78.1 Å². The highest BCUT2D eigenvalue weighted by molar-refractivity contribution is 8.03. The molecule has 2 amide bonds. The molecule has 0 bridgehead atoms. The van der Waals surface area contributed by atoms with E-state index in [4.69, 9.17) is 9.47 Å². The van der Waals surface area contributed by atoms with E-state index in [1.54, 1.807) is 24.3 Å². The fourth-order valence-corrected chi connectivity index (χ4v) is 9.69. The second kappa shape index (κ2) is 15.3. The standard InChI is InChI=1S/C26H30N6O8S5/c33-23(27-19-1-5-21(6-2-19)44(35,36)31-9-13-39-14-10-31)17-41-25-29-30-26(43-25)42-18-24(34)28-20-3-7-22(8-4-20)45(37,38)32-11-15-40-16-12-32/h1-8H,9-18H2,(H,27,33)(H,28,34). The number of morpholine rings is 2. The molecule has 2 saturated heterocycles. The number of aromatic nitrogens is 2. The number of carbonyl (C=O) groups excluding carboxylic acids is 2. The first kappa shape index (κ1) is 33.7. The van der Waals surface area contributed by atoms with Gasteiger partial charge in [-0.2, -0.15) is 8.61 Å². The van der Waals surface area contributed by atoms with Crippen LogP contribution >= 0.6 is 34.9 Å². The van der Waals surface area contributed by atoms with Crippen LogP contribution in [0.2, 0.25) is 0 Å². The quantitative estimate of drug-likeness (QED) is 0.262. The largest absolute Gasteiger partial charge is 0.379 e. The monoisotopic (exact) mass is 714 g/mol. The highest BCUT2D eigenvalue weighted by atomic mass is 32.2. The number of ether oxygens (including phenoxy) is 2. The molecule has 0 aliphatic carbocycles. The van der Waals surface area contributed by atoms with E-state index in [1.165, 1.54) is 67.7 Å². The first-order chi connectivity index (χ1) is 21.6. The highest BCUT2D eigenvalue weighted by Gasteiger charge is 2.27. The molecule has 2 aliphatic rings. The van der Waals surface area contributed by atoms with Gasteiger partial charge in [-0.15, -0.1) is 10.2 Å². The van der Waals surface area contributed by atoms with Crippen molar-refractivity contribution in [2.45, 2.75) is 18.5 Å². The summed E-state index contributed by atoms with van der Waals surface area (Å²) in [5.74, 6) is -0.469. The normalized spacial score (nSPS) is 16.7. The van der Waals surface area contributed by atoms with Crippen molar-refractivity contribution in [1.29, 1.82) is 0 Å². The van der Waals surface area contributed by atoms with Gasteiger partial charge in [-0.1, -0.05) is 34.9 Å². The molecule has 19 heteroatoms. The van der Waals surface area contributed by atoms with Gasteiger partial charge in [-0.05, 0) is 48.5 Å². The zero-order chi connectivity index (χ0) is 31.9. The first-order valence-electron chi connectivity index (χ1n) is 13.7. The summed E-state index contributed by atoms with van der Waals surface area (Å²) in [5, 5.41) is 13.6. The third-order valence-electron chi connectivity index (χ3n) is 6.53. The fourth-order valence-electron chi connectivity index (χ4n) is 4.26. The van der Waals surface area contributed by atoms with E-state index in [9.17, 15) is 26.4 Å². The topological polar surface area (TPSA) is 177 Å². The predicted octanol–water partition coefficient (Wildman–Crippen LogP) is 2.04. The van der Waals surface area contributed by atoms with Gasteiger partial charge in [0.2, 0.25) is 31.9 Å². The van der Waals surface area contributed by atoms with Crippen molar-refractivity contribution in [1.82, 2.24) is 18.8 Å². The molecule has 14 nitrogen and oxygen atoms in total. The number of nitrogens with one attached hydrogen (secondary N) is 2. The van der Waals surface area contributed by atoms with Crippen molar-refractivity contribution in [3.05, 3.63) is 48.5 Å². The summed E-state index contributed by atoms with van der Waals surface area (Å²) in [5.41, 5.74) is 0.934. The molecule has 0 spiro atoms. The lowest BCUT2D eigenvalue weighted by Gasteiger charge is -2.26. The van der Waals surface area contributed by atoms with Crippen molar-refractivity contribution < 1.29 is 35.9 Å². The molecule has 3 heterocycles. The lowest BCUT2D eigenvalue weighted by Crippen LogP contribution is -2.40. The van der Waals surface area contributed by atoms with Crippen LogP contribution in [-0.4, -0.2) is 112 Å². The molecule has 5 rings (SSSR count). The van der Waals surface area contributed by atoms with Gasteiger partial charge in [0.05, 0.1) is 47.7 Å². The number of thioether (sulfide) groups is 2. The zero-order valence-electron chi connectivity index (χ0n) is 23.8. The molecule has 45 heavy (non-hydrogen) atoms. The Morgan fingerprint density at radius 3 is 1.38 bits per heavy atom. The Hall–Kier alpha value is -2.62. The number of amides is 2. The highest BCUT2D eigenvalue weighted by Crippen LogP contribution is 2.29. The summed E-state index contributed by atoms with van der Waals surface area (Å²) in [6.45, 7) is 2.65. The molecular weight excluding hydrogens is 685 g/mol. The summed E-state index contributed by atoms with van der Waals surface area (Å²) in [4.78, 5) is 25.2. The van der Waals surface area contributed by atoms with Gasteiger partial charge in [0.1, 0.15) is 0 Å². The number of sulfonamides is 2. The molecular formula is C26H30N6O8S5. The summed E-state index contributed by atoms with van der Waals surface area (Å²) in [6, 6.07) is 12.0. The van der Waals surface area contributed by atoms with Gasteiger partial charge < -0.3 is 20.1 Å². The minimum atomic E-state index is -3.62. The van der Waals surface area contributed by atoms with Crippen molar-refractivity contribution in [3.8, 4) is 0 Å². The maximum Gasteiger partial charge on any atom is 0.243 e. The van der Waals surface area contributed by atoms with Crippen LogP contribution in [0.25, 0.3) is 0 Å². The molecule has 2 aromatic carbocycles. The molecule has 0 radical (unpaired) electrons. The Morgan fingerprint density at radius 2 is 1.02 bits per heavy atom. The maximum absolute atomic E-state index is 12.8. The van der Waals surface area contributed by atoms with E-state index in [0.717, 1.165) is 0 Å². The van der Waals surface area contributed by atoms with Crippen molar-refractivity contribution in [2.75, 3.05) is 74.7 Å². The summed E-state index contributed by atoms with van der Waals surface area (Å²) in [6.07, 6.45) is 0. The van der Waals surface area contributed by atoms with Gasteiger partial charge in [-0.25, -0.2) is 16.8 Å². The number of carbonyl (C=O) groups is 2. The minimum absolute atomic E-state index is 0.0604. The van der Waals surface area contributed by atoms with Crippen LogP contribution in [0, 0.1) is 0 Å². The molecule has 242 valence electrons. The van der Waals surface area contributed by atoms with Gasteiger partial charge in [0.15, 0.2) is 8.68 Å². The van der Waals surface area contributed by atoms with E-state index in [1.807, 2.05) is 0 Å². The fraction of sp³-hybridized carbons (Fsp3) is 0.385. The van der Waals surface area contributed by atoms with Crippen LogP contribution in [0.15, 0.2) is 67.0 Å². The SMILES string of the molecule is O=C(CSc1nnc(SCC(=O)Nc2ccc(S(=O)(=O)N3CCOCC3)cc2)s1)Nc1ccc(S(=O)(=O)N2CCOCC2)cc1. The lowest BCUT2D eigenvalue weighted by molar-refractivity contribution is -0.114. The molecule has 2 N–H and O–H groups in total. The number of rotatable bonds is 12. The molecule has 1 aromatic heterocycles. The molecule has 0 unspecified atom stereocenters. The summed E-state index contributed by atoms with van der Waals surface area (Å²) in [7, 11) is -7.23. The predicted molar refractivity (Wildman–Crippen MR) is 171 cm³/mol.